The molecule has 0 fully saturated rings. The Balaban J connectivity index is 2.38. The van der Waals surface area contributed by atoms with Crippen molar-refractivity contribution in [2.75, 3.05) is 14.2 Å². The Morgan fingerprint density at radius 3 is 2.67 bits per heavy atom. The van der Waals surface area contributed by atoms with E-state index in [1.54, 1.807) is 25.2 Å². The van der Waals surface area contributed by atoms with Crippen LogP contribution < -0.4 is 4.74 Å². The molecule has 7 heteroatoms. The van der Waals surface area contributed by atoms with Gasteiger partial charge in [0.25, 0.3) is 0 Å². The summed E-state index contributed by atoms with van der Waals surface area (Å²) in [6.07, 6.45) is 0. The first-order valence-electron chi connectivity index (χ1n) is 6.20. The zero-order valence-corrected chi connectivity index (χ0v) is 14.1. The monoisotopic (exact) mass is 345 g/mol. The van der Waals surface area contributed by atoms with E-state index in [9.17, 15) is 8.42 Å². The molecule has 0 amide bonds. The van der Waals surface area contributed by atoms with E-state index in [-0.39, 0.29) is 10.8 Å². The molecule has 2 rings (SSSR count). The molecule has 0 aliphatic heterocycles. The zero-order chi connectivity index (χ0) is 15.5. The van der Waals surface area contributed by atoms with Crippen molar-refractivity contribution in [2.24, 2.45) is 0 Å². The normalized spacial score (nSPS) is 11.8. The topological polar surface area (TPSA) is 46.6 Å². The number of halogens is 1. The number of hydrogen-bond acceptors (Lipinski definition) is 4. The van der Waals surface area contributed by atoms with Crippen LogP contribution in [0.25, 0.3) is 0 Å². The van der Waals surface area contributed by atoms with Crippen LogP contribution in [0.3, 0.4) is 0 Å². The van der Waals surface area contributed by atoms with Gasteiger partial charge in [-0.05, 0) is 29.1 Å². The molecule has 0 saturated carbocycles. The van der Waals surface area contributed by atoms with Crippen molar-refractivity contribution in [3.05, 3.63) is 46.2 Å². The summed E-state index contributed by atoms with van der Waals surface area (Å²) in [6, 6.07) is 8.75. The third-order valence-corrected chi connectivity index (χ3v) is 6.02. The number of alkyl halides is 1. The molecular formula is C14H16ClNO3S2. The molecule has 4 nitrogen and oxygen atoms in total. The second kappa shape index (κ2) is 6.79. The van der Waals surface area contributed by atoms with Crippen LogP contribution in [0, 0.1) is 0 Å². The summed E-state index contributed by atoms with van der Waals surface area (Å²) in [5.41, 5.74) is 0.737. The SMILES string of the molecule is COc1ccc(CCl)cc1S(=O)(=O)N(C)Cc1cccs1. The molecule has 0 bridgehead atoms. The minimum atomic E-state index is -3.63. The lowest BCUT2D eigenvalue weighted by molar-refractivity contribution is 0.397. The van der Waals surface area contributed by atoms with E-state index in [0.29, 0.717) is 12.3 Å². The van der Waals surface area contributed by atoms with Gasteiger partial charge < -0.3 is 4.74 Å². The van der Waals surface area contributed by atoms with Gasteiger partial charge in [0, 0.05) is 24.3 Å². The third-order valence-electron chi connectivity index (χ3n) is 3.03. The second-order valence-electron chi connectivity index (χ2n) is 4.46. The first-order valence-corrected chi connectivity index (χ1v) is 9.06. The molecule has 0 saturated heterocycles. The Bertz CT molecular complexity index is 699. The highest BCUT2D eigenvalue weighted by Gasteiger charge is 2.25. The number of ether oxygens (including phenoxy) is 1. The Labute approximate surface area is 134 Å². The fourth-order valence-corrected chi connectivity index (χ4v) is 4.24. The lowest BCUT2D eigenvalue weighted by atomic mass is 10.2. The largest absolute Gasteiger partial charge is 0.495 e. The van der Waals surface area contributed by atoms with Crippen molar-refractivity contribution >= 4 is 33.0 Å². The summed E-state index contributed by atoms with van der Waals surface area (Å²) < 4.78 is 31.9. The van der Waals surface area contributed by atoms with E-state index in [0.717, 1.165) is 10.4 Å². The second-order valence-corrected chi connectivity index (χ2v) is 7.77. The molecule has 0 aliphatic carbocycles. The van der Waals surface area contributed by atoms with Gasteiger partial charge in [-0.2, -0.15) is 4.31 Å². The predicted octanol–water partition coefficient (Wildman–Crippen LogP) is 3.32. The molecule has 0 atom stereocenters. The van der Waals surface area contributed by atoms with Gasteiger partial charge in [-0.1, -0.05) is 12.1 Å². The Morgan fingerprint density at radius 1 is 1.33 bits per heavy atom. The number of nitrogens with zero attached hydrogens (tertiary/aromatic N) is 1. The van der Waals surface area contributed by atoms with E-state index >= 15 is 0 Å². The highest BCUT2D eigenvalue weighted by molar-refractivity contribution is 7.89. The Hall–Kier alpha value is -1.08. The molecule has 21 heavy (non-hydrogen) atoms. The molecular weight excluding hydrogens is 330 g/mol. The van der Waals surface area contributed by atoms with Gasteiger partial charge in [0.1, 0.15) is 10.6 Å². The van der Waals surface area contributed by atoms with E-state index in [1.807, 2.05) is 17.5 Å². The smallest absolute Gasteiger partial charge is 0.246 e. The van der Waals surface area contributed by atoms with Gasteiger partial charge in [0.15, 0.2) is 0 Å². The van der Waals surface area contributed by atoms with Crippen LogP contribution in [-0.2, 0) is 22.4 Å². The van der Waals surface area contributed by atoms with Gasteiger partial charge in [-0.15, -0.1) is 22.9 Å². The lowest BCUT2D eigenvalue weighted by Crippen LogP contribution is -2.26. The first-order chi connectivity index (χ1) is 9.98. The highest BCUT2D eigenvalue weighted by Crippen LogP contribution is 2.29. The van der Waals surface area contributed by atoms with E-state index in [4.69, 9.17) is 16.3 Å². The van der Waals surface area contributed by atoms with Crippen LogP contribution in [0.15, 0.2) is 40.6 Å². The van der Waals surface area contributed by atoms with Crippen molar-refractivity contribution < 1.29 is 13.2 Å². The Morgan fingerprint density at radius 2 is 2.10 bits per heavy atom. The number of benzene rings is 1. The quantitative estimate of drug-likeness (QED) is 0.754. The summed E-state index contributed by atoms with van der Waals surface area (Å²) in [7, 11) is -0.624. The average Bonchev–Trinajstić information content (AvgIpc) is 2.99. The molecule has 2 aromatic rings. The van der Waals surface area contributed by atoms with Crippen LogP contribution >= 0.6 is 22.9 Å². The van der Waals surface area contributed by atoms with Gasteiger partial charge in [0.2, 0.25) is 10.0 Å². The summed E-state index contributed by atoms with van der Waals surface area (Å²) in [5, 5.41) is 1.92. The molecule has 1 aromatic heterocycles. The third kappa shape index (κ3) is 3.58. The van der Waals surface area contributed by atoms with Gasteiger partial charge >= 0.3 is 0 Å². The van der Waals surface area contributed by atoms with Gasteiger partial charge in [-0.3, -0.25) is 0 Å². The number of rotatable bonds is 6. The molecule has 1 heterocycles. The first kappa shape index (κ1) is 16.3. The highest BCUT2D eigenvalue weighted by atomic mass is 35.5. The molecule has 1 aromatic carbocycles. The van der Waals surface area contributed by atoms with E-state index < -0.39 is 10.0 Å². The number of methoxy groups -OCH3 is 1. The van der Waals surface area contributed by atoms with Crippen LogP contribution in [0.5, 0.6) is 5.75 Å². The zero-order valence-electron chi connectivity index (χ0n) is 11.7. The molecule has 0 spiro atoms. The van der Waals surface area contributed by atoms with Crippen LogP contribution in [0.2, 0.25) is 0 Å². The van der Waals surface area contributed by atoms with Crippen molar-refractivity contribution in [3.8, 4) is 5.75 Å². The fourth-order valence-electron chi connectivity index (χ4n) is 1.88. The summed E-state index contributed by atoms with van der Waals surface area (Å²) in [5.74, 6) is 0.572. The lowest BCUT2D eigenvalue weighted by Gasteiger charge is -2.18. The fraction of sp³-hybridized carbons (Fsp3) is 0.286. The standard InChI is InChI=1S/C14H16ClNO3S2/c1-16(10-12-4-3-7-20-12)21(17,18)14-8-11(9-15)5-6-13(14)19-2/h3-8H,9-10H2,1-2H3. The number of sulfonamides is 1. The summed E-state index contributed by atoms with van der Waals surface area (Å²) >= 11 is 7.31. The van der Waals surface area contributed by atoms with Crippen molar-refractivity contribution in [1.82, 2.24) is 4.31 Å². The van der Waals surface area contributed by atoms with Crippen molar-refractivity contribution in [1.29, 1.82) is 0 Å². The average molecular weight is 346 g/mol. The Kier molecular flexibility index (Phi) is 5.27. The maximum atomic E-state index is 12.7. The molecule has 0 unspecified atom stereocenters. The molecule has 0 N–H and O–H groups in total. The summed E-state index contributed by atoms with van der Waals surface area (Å²) in [6.45, 7) is 0.328. The minimum absolute atomic E-state index is 0.141. The number of thiophene rings is 1. The minimum Gasteiger partial charge on any atom is -0.495 e. The van der Waals surface area contributed by atoms with Crippen LogP contribution in [0.4, 0.5) is 0 Å². The summed E-state index contributed by atoms with van der Waals surface area (Å²) in [4.78, 5) is 1.12. The maximum Gasteiger partial charge on any atom is 0.246 e. The van der Waals surface area contributed by atoms with Crippen LogP contribution in [0.1, 0.15) is 10.4 Å². The van der Waals surface area contributed by atoms with Gasteiger partial charge in [0.05, 0.1) is 7.11 Å². The van der Waals surface area contributed by atoms with Crippen molar-refractivity contribution in [2.45, 2.75) is 17.3 Å². The van der Waals surface area contributed by atoms with Crippen molar-refractivity contribution in [3.63, 3.8) is 0 Å². The molecule has 0 radical (unpaired) electrons. The molecule has 114 valence electrons. The van der Waals surface area contributed by atoms with Gasteiger partial charge in [-0.25, -0.2) is 8.42 Å². The van der Waals surface area contributed by atoms with E-state index in [2.05, 4.69) is 0 Å². The van der Waals surface area contributed by atoms with E-state index in [1.165, 1.54) is 22.8 Å². The molecule has 0 aliphatic rings. The van der Waals surface area contributed by atoms with Crippen LogP contribution in [-0.4, -0.2) is 26.9 Å². The maximum absolute atomic E-state index is 12.7. The predicted molar refractivity (Wildman–Crippen MR) is 85.5 cm³/mol. The number of hydrogen-bond donors (Lipinski definition) is 0.